The van der Waals surface area contributed by atoms with E-state index in [9.17, 15) is 4.39 Å². The fraction of sp³-hybridized carbons (Fsp3) is 0.500. The quantitative estimate of drug-likeness (QED) is 0.711. The van der Waals surface area contributed by atoms with Crippen molar-refractivity contribution in [1.29, 1.82) is 0 Å². The van der Waals surface area contributed by atoms with Crippen LogP contribution in [0.1, 0.15) is 20.3 Å². The summed E-state index contributed by atoms with van der Waals surface area (Å²) in [6, 6.07) is 4.87. The molecule has 1 aromatic rings. The molecule has 16 heavy (non-hydrogen) atoms. The van der Waals surface area contributed by atoms with Crippen LogP contribution in [0.15, 0.2) is 22.7 Å². The van der Waals surface area contributed by atoms with Gasteiger partial charge in [-0.1, -0.05) is 29.8 Å². The molecule has 0 bridgehead atoms. The van der Waals surface area contributed by atoms with E-state index in [0.717, 1.165) is 6.42 Å². The Morgan fingerprint density at radius 2 is 2.12 bits per heavy atom. The highest BCUT2D eigenvalue weighted by Crippen LogP contribution is 2.47. The average Bonchev–Trinajstić information content (AvgIpc) is 2.23. The van der Waals surface area contributed by atoms with Gasteiger partial charge in [-0.2, -0.15) is 0 Å². The minimum Gasteiger partial charge on any atom is -0.490 e. The molecule has 88 valence electrons. The molecule has 1 saturated carbocycles. The summed E-state index contributed by atoms with van der Waals surface area (Å²) in [6.07, 6.45) is 1.11. The number of rotatable bonds is 2. The molecule has 2 atom stereocenters. The fourth-order valence-electron chi connectivity index (χ4n) is 1.75. The summed E-state index contributed by atoms with van der Waals surface area (Å²) in [6.45, 7) is 4.30. The van der Waals surface area contributed by atoms with E-state index >= 15 is 0 Å². The van der Waals surface area contributed by atoms with Crippen molar-refractivity contribution in [3.63, 3.8) is 0 Å². The van der Waals surface area contributed by atoms with E-state index < -0.39 is 0 Å². The predicted molar refractivity (Wildman–Crippen MR) is 69.6 cm³/mol. The zero-order chi connectivity index (χ0) is 11.9. The lowest BCUT2D eigenvalue weighted by Crippen LogP contribution is -2.53. The molecular formula is C12H13Br2FO. The summed E-state index contributed by atoms with van der Waals surface area (Å²) in [7, 11) is 0. The van der Waals surface area contributed by atoms with Crippen LogP contribution >= 0.6 is 31.9 Å². The van der Waals surface area contributed by atoms with Gasteiger partial charge < -0.3 is 4.74 Å². The fourth-order valence-corrected chi connectivity index (χ4v) is 2.63. The molecule has 4 heteroatoms. The van der Waals surface area contributed by atoms with Gasteiger partial charge in [0.25, 0.3) is 0 Å². The Labute approximate surface area is 112 Å². The lowest BCUT2D eigenvalue weighted by Gasteiger charge is -2.48. The second-order valence-electron chi connectivity index (χ2n) is 4.71. The van der Waals surface area contributed by atoms with Crippen molar-refractivity contribution in [3.8, 4) is 5.75 Å². The van der Waals surface area contributed by atoms with E-state index in [-0.39, 0.29) is 17.3 Å². The van der Waals surface area contributed by atoms with Gasteiger partial charge in [-0.3, -0.25) is 0 Å². The van der Waals surface area contributed by atoms with Crippen LogP contribution in [0.5, 0.6) is 5.75 Å². The first-order valence-corrected chi connectivity index (χ1v) is 6.88. The van der Waals surface area contributed by atoms with Crippen molar-refractivity contribution in [3.05, 3.63) is 28.5 Å². The van der Waals surface area contributed by atoms with Crippen LogP contribution in [0, 0.1) is 11.2 Å². The topological polar surface area (TPSA) is 9.23 Å². The van der Waals surface area contributed by atoms with Crippen molar-refractivity contribution in [2.24, 2.45) is 5.41 Å². The van der Waals surface area contributed by atoms with Crippen molar-refractivity contribution in [2.75, 3.05) is 0 Å². The SMILES string of the molecule is CC1(C)C(Br)CC1Oc1ccc(Br)c(F)c1. The summed E-state index contributed by atoms with van der Waals surface area (Å²) in [5.74, 6) is 0.309. The van der Waals surface area contributed by atoms with Crippen LogP contribution in [0.4, 0.5) is 4.39 Å². The van der Waals surface area contributed by atoms with Gasteiger partial charge in [0.05, 0.1) is 4.47 Å². The lowest BCUT2D eigenvalue weighted by atomic mass is 9.69. The molecule has 0 N–H and O–H groups in total. The van der Waals surface area contributed by atoms with Crippen molar-refractivity contribution in [2.45, 2.75) is 31.2 Å². The van der Waals surface area contributed by atoms with Gasteiger partial charge in [0.15, 0.2) is 0 Å². The molecule has 2 unspecified atom stereocenters. The molecule has 1 aromatic carbocycles. The maximum absolute atomic E-state index is 13.3. The maximum atomic E-state index is 13.3. The Kier molecular flexibility index (Phi) is 3.32. The zero-order valence-electron chi connectivity index (χ0n) is 9.14. The Morgan fingerprint density at radius 3 is 2.62 bits per heavy atom. The molecule has 1 nitrogen and oxygen atoms in total. The minimum absolute atomic E-state index is 0.101. The van der Waals surface area contributed by atoms with Gasteiger partial charge >= 0.3 is 0 Å². The number of benzene rings is 1. The first kappa shape index (κ1) is 12.4. The second kappa shape index (κ2) is 4.30. The molecule has 0 heterocycles. The average molecular weight is 352 g/mol. The second-order valence-corrected chi connectivity index (χ2v) is 6.67. The van der Waals surface area contributed by atoms with Crippen LogP contribution in [-0.2, 0) is 0 Å². The third-order valence-electron chi connectivity index (χ3n) is 3.23. The standard InChI is InChI=1S/C12H13Br2FO/c1-12(2)10(14)6-11(12)16-7-3-4-8(13)9(15)5-7/h3-5,10-11H,6H2,1-2H3. The summed E-state index contributed by atoms with van der Waals surface area (Å²) in [5.41, 5.74) is 0.101. The van der Waals surface area contributed by atoms with Crippen LogP contribution < -0.4 is 4.74 Å². The maximum Gasteiger partial charge on any atom is 0.141 e. The van der Waals surface area contributed by atoms with Gasteiger partial charge in [0.2, 0.25) is 0 Å². The predicted octanol–water partition coefficient (Wildman–Crippen LogP) is 4.53. The van der Waals surface area contributed by atoms with Crippen LogP contribution in [0.3, 0.4) is 0 Å². The number of halogens is 3. The van der Waals surface area contributed by atoms with Gasteiger partial charge in [-0.25, -0.2) is 4.39 Å². The van der Waals surface area contributed by atoms with Crippen LogP contribution in [0.25, 0.3) is 0 Å². The van der Waals surface area contributed by atoms with E-state index in [1.165, 1.54) is 6.07 Å². The first-order chi connectivity index (χ1) is 7.41. The van der Waals surface area contributed by atoms with Crippen molar-refractivity contribution in [1.82, 2.24) is 0 Å². The molecule has 1 aliphatic carbocycles. The Balaban J connectivity index is 2.08. The van der Waals surface area contributed by atoms with E-state index in [0.29, 0.717) is 15.0 Å². The third-order valence-corrected chi connectivity index (χ3v) is 5.42. The largest absolute Gasteiger partial charge is 0.490 e. The summed E-state index contributed by atoms with van der Waals surface area (Å²) < 4.78 is 19.5. The smallest absolute Gasteiger partial charge is 0.141 e. The Hall–Kier alpha value is -0.0900. The Morgan fingerprint density at radius 1 is 1.44 bits per heavy atom. The van der Waals surface area contributed by atoms with E-state index in [1.54, 1.807) is 12.1 Å². The number of hydrogen-bond donors (Lipinski definition) is 0. The number of ether oxygens (including phenoxy) is 1. The minimum atomic E-state index is -0.287. The molecule has 0 aliphatic heterocycles. The summed E-state index contributed by atoms with van der Waals surface area (Å²) >= 11 is 6.72. The summed E-state index contributed by atoms with van der Waals surface area (Å²) in [5, 5.41) is 0. The lowest BCUT2D eigenvalue weighted by molar-refractivity contribution is -0.00798. The summed E-state index contributed by atoms with van der Waals surface area (Å²) in [4.78, 5) is 0.477. The van der Waals surface area contributed by atoms with Gasteiger partial charge in [0.1, 0.15) is 17.7 Å². The van der Waals surface area contributed by atoms with E-state index in [4.69, 9.17) is 4.74 Å². The highest BCUT2D eigenvalue weighted by atomic mass is 79.9. The highest BCUT2D eigenvalue weighted by molar-refractivity contribution is 9.10. The van der Waals surface area contributed by atoms with Crippen molar-refractivity contribution < 1.29 is 9.13 Å². The molecule has 0 spiro atoms. The molecule has 1 fully saturated rings. The zero-order valence-corrected chi connectivity index (χ0v) is 12.3. The third kappa shape index (κ3) is 2.14. The monoisotopic (exact) mass is 350 g/mol. The first-order valence-electron chi connectivity index (χ1n) is 5.17. The molecule has 0 saturated heterocycles. The van der Waals surface area contributed by atoms with Crippen LogP contribution in [0.2, 0.25) is 0 Å². The highest BCUT2D eigenvalue weighted by Gasteiger charge is 2.48. The number of hydrogen-bond acceptors (Lipinski definition) is 1. The molecule has 0 radical (unpaired) electrons. The number of alkyl halides is 1. The molecule has 1 aliphatic rings. The van der Waals surface area contributed by atoms with E-state index in [1.807, 2.05) is 0 Å². The molecule has 0 amide bonds. The Bertz CT molecular complexity index is 406. The van der Waals surface area contributed by atoms with Gasteiger partial charge in [-0.15, -0.1) is 0 Å². The van der Waals surface area contributed by atoms with E-state index in [2.05, 4.69) is 45.7 Å². The molecule has 2 rings (SSSR count). The van der Waals surface area contributed by atoms with Gasteiger partial charge in [0, 0.05) is 16.3 Å². The van der Waals surface area contributed by atoms with Crippen molar-refractivity contribution >= 4 is 31.9 Å². The van der Waals surface area contributed by atoms with Gasteiger partial charge in [-0.05, 0) is 34.5 Å². The van der Waals surface area contributed by atoms with Crippen LogP contribution in [-0.4, -0.2) is 10.9 Å². The molecular weight excluding hydrogens is 339 g/mol. The normalized spacial score (nSPS) is 27.3. The molecule has 0 aromatic heterocycles.